The van der Waals surface area contributed by atoms with E-state index < -0.39 is 18.3 Å². The van der Waals surface area contributed by atoms with Crippen LogP contribution in [-0.4, -0.2) is 63.9 Å². The summed E-state index contributed by atoms with van der Waals surface area (Å²) in [5.41, 5.74) is -0.306. The first-order valence-electron chi connectivity index (χ1n) is 4.69. The summed E-state index contributed by atoms with van der Waals surface area (Å²) in [5, 5.41) is 32.0. The lowest BCUT2D eigenvalue weighted by Crippen LogP contribution is -2.59. The highest BCUT2D eigenvalue weighted by atomic mass is 32.2. The standard InChI is InChI=1S/C8H14N2O4S/c1-9-8-10-4-6(13)5(12)3(2-11)14-7(4)15-8/h3-7,11-13H,2H2,1H3,(H,9,10)/t3?,4?,5-,6-,7?/m1/s1. The van der Waals surface area contributed by atoms with Crippen LogP contribution in [0.2, 0.25) is 0 Å². The van der Waals surface area contributed by atoms with Crippen molar-refractivity contribution >= 4 is 16.9 Å². The van der Waals surface area contributed by atoms with Gasteiger partial charge in [-0.15, -0.1) is 0 Å². The van der Waals surface area contributed by atoms with Crippen LogP contribution in [0.4, 0.5) is 0 Å². The Morgan fingerprint density at radius 1 is 1.47 bits per heavy atom. The molecule has 6 nitrogen and oxygen atoms in total. The maximum Gasteiger partial charge on any atom is 0.159 e. The van der Waals surface area contributed by atoms with Crippen molar-refractivity contribution in [1.82, 2.24) is 5.32 Å². The van der Waals surface area contributed by atoms with Gasteiger partial charge in [-0.25, -0.2) is 0 Å². The van der Waals surface area contributed by atoms with Crippen LogP contribution in [0.15, 0.2) is 4.99 Å². The van der Waals surface area contributed by atoms with Gasteiger partial charge < -0.3 is 25.4 Å². The van der Waals surface area contributed by atoms with Gasteiger partial charge in [0, 0.05) is 7.05 Å². The van der Waals surface area contributed by atoms with Gasteiger partial charge in [0.25, 0.3) is 0 Å². The highest BCUT2D eigenvalue weighted by molar-refractivity contribution is 8.14. The summed E-state index contributed by atoms with van der Waals surface area (Å²) < 4.78 is 5.43. The fourth-order valence-electron chi connectivity index (χ4n) is 1.74. The molecule has 2 fully saturated rings. The zero-order valence-corrected chi connectivity index (χ0v) is 9.02. The maximum absolute atomic E-state index is 9.79. The molecule has 0 saturated carbocycles. The van der Waals surface area contributed by atoms with Gasteiger partial charge in [0.15, 0.2) is 5.17 Å². The topological polar surface area (TPSA) is 94.3 Å². The number of nitrogens with one attached hydrogen (secondary N) is 1. The third kappa shape index (κ3) is 1.85. The number of hydrogen-bond donors (Lipinski definition) is 4. The first-order valence-corrected chi connectivity index (χ1v) is 5.57. The van der Waals surface area contributed by atoms with Crippen LogP contribution in [0.1, 0.15) is 0 Å². The minimum absolute atomic E-state index is 0.305. The van der Waals surface area contributed by atoms with Crippen molar-refractivity contribution < 1.29 is 20.1 Å². The number of nitrogens with zero attached hydrogens (tertiary/aromatic N) is 1. The Kier molecular flexibility index (Phi) is 3.17. The number of rotatable bonds is 1. The number of aliphatic hydroxyl groups is 3. The fourth-order valence-corrected chi connectivity index (χ4v) is 2.84. The molecule has 2 aliphatic heterocycles. The quantitative estimate of drug-likeness (QED) is 0.424. The molecule has 86 valence electrons. The molecule has 0 aromatic carbocycles. The number of aliphatic hydroxyl groups excluding tert-OH is 3. The summed E-state index contributed by atoms with van der Waals surface area (Å²) in [6, 6.07) is -0.369. The number of ether oxygens (including phenoxy) is 1. The molecule has 5 atom stereocenters. The van der Waals surface area contributed by atoms with Crippen LogP contribution >= 0.6 is 11.8 Å². The number of hydrogen-bond acceptors (Lipinski definition) is 6. The number of aliphatic imine (C=N–C) groups is 1. The van der Waals surface area contributed by atoms with Crippen LogP contribution in [-0.2, 0) is 4.74 Å². The molecule has 2 saturated heterocycles. The third-order valence-electron chi connectivity index (χ3n) is 2.60. The number of amidine groups is 1. The van der Waals surface area contributed by atoms with Crippen molar-refractivity contribution in [3.63, 3.8) is 0 Å². The lowest BCUT2D eigenvalue weighted by molar-refractivity contribution is -0.167. The molecular formula is C8H14N2O4S. The van der Waals surface area contributed by atoms with E-state index in [1.807, 2.05) is 0 Å². The largest absolute Gasteiger partial charge is 0.394 e. The predicted octanol–water partition coefficient (Wildman–Crippen LogP) is -1.88. The van der Waals surface area contributed by atoms with Gasteiger partial charge in [-0.2, -0.15) is 0 Å². The van der Waals surface area contributed by atoms with Gasteiger partial charge in [-0.05, 0) is 0 Å². The Morgan fingerprint density at radius 2 is 2.20 bits per heavy atom. The average Bonchev–Trinajstić information content (AvgIpc) is 2.66. The van der Waals surface area contributed by atoms with Gasteiger partial charge in [0.05, 0.1) is 12.6 Å². The summed E-state index contributed by atoms with van der Waals surface area (Å²) in [7, 11) is 1.64. The summed E-state index contributed by atoms with van der Waals surface area (Å²) in [5.74, 6) is 0. The second-order valence-corrected chi connectivity index (χ2v) is 4.61. The molecule has 0 spiro atoms. The average molecular weight is 234 g/mol. The molecule has 0 radical (unpaired) electrons. The Labute approximate surface area is 91.3 Å². The maximum atomic E-state index is 9.79. The lowest BCUT2D eigenvalue weighted by Gasteiger charge is -2.38. The molecule has 0 aromatic heterocycles. The van der Waals surface area contributed by atoms with E-state index in [0.29, 0.717) is 5.17 Å². The molecule has 2 rings (SSSR count). The van der Waals surface area contributed by atoms with Crippen molar-refractivity contribution in [2.45, 2.75) is 29.8 Å². The fraction of sp³-hybridized carbons (Fsp3) is 0.875. The SMILES string of the molecule is CN=C1NC2C(OC(CO)[C@@H](O)[C@@H]2O)S1. The molecular weight excluding hydrogens is 220 g/mol. The van der Waals surface area contributed by atoms with Crippen LogP contribution in [0, 0.1) is 0 Å². The van der Waals surface area contributed by atoms with E-state index in [0.717, 1.165) is 0 Å². The number of fused-ring (bicyclic) bond motifs is 1. The zero-order chi connectivity index (χ0) is 11.0. The Morgan fingerprint density at radius 3 is 2.80 bits per heavy atom. The smallest absolute Gasteiger partial charge is 0.159 e. The molecule has 7 heteroatoms. The molecule has 0 bridgehead atoms. The molecule has 2 aliphatic rings. The molecule has 4 N–H and O–H groups in total. The summed E-state index contributed by atoms with van der Waals surface area (Å²) >= 11 is 1.35. The lowest BCUT2D eigenvalue weighted by atomic mass is 9.98. The van der Waals surface area contributed by atoms with E-state index in [4.69, 9.17) is 9.84 Å². The molecule has 3 unspecified atom stereocenters. The monoisotopic (exact) mass is 234 g/mol. The van der Waals surface area contributed by atoms with Gasteiger partial charge >= 0.3 is 0 Å². The van der Waals surface area contributed by atoms with Gasteiger partial charge in [-0.1, -0.05) is 11.8 Å². The van der Waals surface area contributed by atoms with E-state index in [1.54, 1.807) is 7.05 Å². The van der Waals surface area contributed by atoms with Crippen molar-refractivity contribution in [2.75, 3.05) is 13.7 Å². The third-order valence-corrected chi connectivity index (χ3v) is 3.76. The summed E-state index contributed by atoms with van der Waals surface area (Å²) in [4.78, 5) is 3.96. The summed E-state index contributed by atoms with van der Waals surface area (Å²) in [6.07, 6.45) is -2.75. The predicted molar refractivity (Wildman–Crippen MR) is 55.6 cm³/mol. The van der Waals surface area contributed by atoms with Crippen molar-refractivity contribution in [1.29, 1.82) is 0 Å². The zero-order valence-electron chi connectivity index (χ0n) is 8.20. The highest BCUT2D eigenvalue weighted by Gasteiger charge is 2.48. The first kappa shape index (κ1) is 11.2. The van der Waals surface area contributed by atoms with Crippen molar-refractivity contribution in [3.05, 3.63) is 0 Å². The second kappa shape index (κ2) is 4.26. The number of thioether (sulfide) groups is 1. The molecule has 0 amide bonds. The second-order valence-electron chi connectivity index (χ2n) is 3.52. The van der Waals surface area contributed by atoms with Crippen LogP contribution in [0.3, 0.4) is 0 Å². The van der Waals surface area contributed by atoms with Crippen molar-refractivity contribution in [3.8, 4) is 0 Å². The Bertz CT molecular complexity index is 275. The van der Waals surface area contributed by atoms with E-state index in [9.17, 15) is 10.2 Å². The van der Waals surface area contributed by atoms with Crippen LogP contribution < -0.4 is 5.32 Å². The minimum atomic E-state index is -1.07. The normalized spacial score (nSPS) is 47.7. The van der Waals surface area contributed by atoms with E-state index >= 15 is 0 Å². The van der Waals surface area contributed by atoms with Gasteiger partial charge in [-0.3, -0.25) is 4.99 Å². The highest BCUT2D eigenvalue weighted by Crippen LogP contribution is 2.33. The van der Waals surface area contributed by atoms with E-state index in [-0.39, 0.29) is 18.1 Å². The van der Waals surface area contributed by atoms with Crippen LogP contribution in [0.5, 0.6) is 0 Å². The Hall–Kier alpha value is -0.340. The van der Waals surface area contributed by atoms with Crippen LogP contribution in [0.25, 0.3) is 0 Å². The van der Waals surface area contributed by atoms with Crippen molar-refractivity contribution in [2.24, 2.45) is 4.99 Å². The first-order chi connectivity index (χ1) is 7.17. The molecule has 0 aliphatic carbocycles. The minimum Gasteiger partial charge on any atom is -0.394 e. The summed E-state index contributed by atoms with van der Waals surface area (Å²) in [6.45, 7) is -0.305. The Balaban J connectivity index is 2.13. The van der Waals surface area contributed by atoms with E-state index in [2.05, 4.69) is 10.3 Å². The molecule has 0 aromatic rings. The van der Waals surface area contributed by atoms with E-state index in [1.165, 1.54) is 11.8 Å². The molecule has 2 heterocycles. The van der Waals surface area contributed by atoms with Gasteiger partial charge in [0.2, 0.25) is 0 Å². The molecule has 15 heavy (non-hydrogen) atoms. The van der Waals surface area contributed by atoms with Gasteiger partial charge in [0.1, 0.15) is 23.7 Å².